The number of nitrogens with zero attached hydrogens (tertiary/aromatic N) is 2. The molecule has 0 amide bonds. The molecule has 0 radical (unpaired) electrons. The summed E-state index contributed by atoms with van der Waals surface area (Å²) in [5.41, 5.74) is 2.30. The molecule has 0 saturated heterocycles. The van der Waals surface area contributed by atoms with Crippen molar-refractivity contribution in [2.75, 3.05) is 7.05 Å². The number of nitrogens with one attached hydrogen (secondary N) is 1. The molecule has 1 heterocycles. The first-order chi connectivity index (χ1) is 6.04. The van der Waals surface area contributed by atoms with Gasteiger partial charge in [-0.1, -0.05) is 20.8 Å². The first kappa shape index (κ1) is 10.1. The summed E-state index contributed by atoms with van der Waals surface area (Å²) in [5.74, 6) is 0. The fourth-order valence-corrected chi connectivity index (χ4v) is 1.07. The van der Waals surface area contributed by atoms with E-state index < -0.39 is 0 Å². The molecule has 0 unspecified atom stereocenters. The molecule has 0 aliphatic rings. The van der Waals surface area contributed by atoms with Crippen LogP contribution in [0.15, 0.2) is 12.3 Å². The number of hydrogen-bond donors (Lipinski definition) is 1. The monoisotopic (exact) mass is 179 g/mol. The minimum atomic E-state index is 0.0801. The Labute approximate surface area is 79.6 Å². The van der Waals surface area contributed by atoms with Crippen LogP contribution in [0.1, 0.15) is 32.0 Å². The summed E-state index contributed by atoms with van der Waals surface area (Å²) in [5, 5.41) is 11.2. The Bertz CT molecular complexity index is 276. The van der Waals surface area contributed by atoms with Crippen molar-refractivity contribution in [1.29, 1.82) is 0 Å². The summed E-state index contributed by atoms with van der Waals surface area (Å²) in [6, 6.07) is 2.10. The van der Waals surface area contributed by atoms with Crippen molar-refractivity contribution in [3.63, 3.8) is 0 Å². The third-order valence-corrected chi connectivity index (χ3v) is 1.86. The van der Waals surface area contributed by atoms with Gasteiger partial charge in [-0.25, -0.2) is 0 Å². The highest BCUT2D eigenvalue weighted by Crippen LogP contribution is 2.19. The molecule has 3 heteroatoms. The molecule has 1 N–H and O–H groups in total. The van der Waals surface area contributed by atoms with Gasteiger partial charge in [0.05, 0.1) is 11.9 Å². The minimum absolute atomic E-state index is 0.0801. The van der Waals surface area contributed by atoms with Crippen molar-refractivity contribution in [3.05, 3.63) is 23.5 Å². The molecule has 1 rings (SSSR count). The zero-order chi connectivity index (χ0) is 9.90. The van der Waals surface area contributed by atoms with E-state index in [1.54, 1.807) is 6.20 Å². The molecule has 1 aromatic rings. The molecular formula is C10H17N3. The largest absolute Gasteiger partial charge is 0.316 e. The van der Waals surface area contributed by atoms with Gasteiger partial charge in [0.15, 0.2) is 0 Å². The zero-order valence-electron chi connectivity index (χ0n) is 8.76. The standard InChI is InChI=1S/C10H17N3/c1-10(2,3)9-5-8(6-11-4)7-12-13-9/h5,7,11H,6H2,1-4H3. The molecular weight excluding hydrogens is 162 g/mol. The topological polar surface area (TPSA) is 37.8 Å². The van der Waals surface area contributed by atoms with E-state index in [4.69, 9.17) is 0 Å². The average molecular weight is 179 g/mol. The van der Waals surface area contributed by atoms with E-state index in [0.29, 0.717) is 0 Å². The van der Waals surface area contributed by atoms with Crippen molar-refractivity contribution >= 4 is 0 Å². The second kappa shape index (κ2) is 3.83. The second-order valence-corrected chi connectivity index (χ2v) is 4.23. The predicted molar refractivity (Wildman–Crippen MR) is 53.5 cm³/mol. The number of hydrogen-bond acceptors (Lipinski definition) is 3. The molecule has 0 aliphatic heterocycles. The normalized spacial score (nSPS) is 11.7. The lowest BCUT2D eigenvalue weighted by Crippen LogP contribution is -2.16. The second-order valence-electron chi connectivity index (χ2n) is 4.23. The highest BCUT2D eigenvalue weighted by Gasteiger charge is 2.15. The summed E-state index contributed by atoms with van der Waals surface area (Å²) in [6.45, 7) is 7.26. The highest BCUT2D eigenvalue weighted by molar-refractivity contribution is 5.18. The lowest BCUT2D eigenvalue weighted by Gasteiger charge is -2.17. The summed E-state index contributed by atoms with van der Waals surface area (Å²) in [6.07, 6.45) is 1.80. The highest BCUT2D eigenvalue weighted by atomic mass is 15.1. The summed E-state index contributed by atoms with van der Waals surface area (Å²) in [7, 11) is 1.93. The first-order valence-corrected chi connectivity index (χ1v) is 4.50. The van der Waals surface area contributed by atoms with Crippen molar-refractivity contribution in [2.24, 2.45) is 0 Å². The Hall–Kier alpha value is -0.960. The first-order valence-electron chi connectivity index (χ1n) is 4.50. The van der Waals surface area contributed by atoms with E-state index >= 15 is 0 Å². The van der Waals surface area contributed by atoms with Gasteiger partial charge in [0.25, 0.3) is 0 Å². The molecule has 0 aliphatic carbocycles. The fraction of sp³-hybridized carbons (Fsp3) is 0.600. The zero-order valence-corrected chi connectivity index (χ0v) is 8.76. The van der Waals surface area contributed by atoms with Crippen LogP contribution >= 0.6 is 0 Å². The molecule has 0 saturated carbocycles. The van der Waals surface area contributed by atoms with E-state index in [2.05, 4.69) is 42.4 Å². The van der Waals surface area contributed by atoms with Gasteiger partial charge in [-0.05, 0) is 18.7 Å². The Morgan fingerprint density at radius 3 is 2.62 bits per heavy atom. The summed E-state index contributed by atoms with van der Waals surface area (Å²) >= 11 is 0. The van der Waals surface area contributed by atoms with Gasteiger partial charge in [-0.15, -0.1) is 0 Å². The molecule has 1 aromatic heterocycles. The smallest absolute Gasteiger partial charge is 0.0687 e. The Balaban J connectivity index is 2.92. The SMILES string of the molecule is CNCc1cnnc(C(C)(C)C)c1. The van der Waals surface area contributed by atoms with Crippen molar-refractivity contribution in [1.82, 2.24) is 15.5 Å². The molecule has 72 valence electrons. The van der Waals surface area contributed by atoms with Crippen LogP contribution in [0.2, 0.25) is 0 Å². The third-order valence-electron chi connectivity index (χ3n) is 1.86. The van der Waals surface area contributed by atoms with Gasteiger partial charge in [0, 0.05) is 12.0 Å². The molecule has 0 aromatic carbocycles. The van der Waals surface area contributed by atoms with Crippen molar-refractivity contribution < 1.29 is 0 Å². The van der Waals surface area contributed by atoms with Gasteiger partial charge in [-0.2, -0.15) is 10.2 Å². The van der Waals surface area contributed by atoms with Crippen LogP contribution in [0.4, 0.5) is 0 Å². The number of rotatable bonds is 2. The maximum absolute atomic E-state index is 4.12. The van der Waals surface area contributed by atoms with E-state index in [1.165, 1.54) is 5.56 Å². The van der Waals surface area contributed by atoms with Gasteiger partial charge >= 0.3 is 0 Å². The van der Waals surface area contributed by atoms with Crippen LogP contribution in [0.25, 0.3) is 0 Å². The van der Waals surface area contributed by atoms with Gasteiger partial charge in [-0.3, -0.25) is 0 Å². The molecule has 0 fully saturated rings. The fourth-order valence-electron chi connectivity index (χ4n) is 1.07. The van der Waals surface area contributed by atoms with E-state index in [9.17, 15) is 0 Å². The van der Waals surface area contributed by atoms with Crippen LogP contribution in [-0.2, 0) is 12.0 Å². The van der Waals surface area contributed by atoms with Crippen molar-refractivity contribution in [2.45, 2.75) is 32.7 Å². The van der Waals surface area contributed by atoms with Gasteiger partial charge < -0.3 is 5.32 Å². The van der Waals surface area contributed by atoms with E-state index in [-0.39, 0.29) is 5.41 Å². The molecule has 13 heavy (non-hydrogen) atoms. The van der Waals surface area contributed by atoms with Crippen LogP contribution in [-0.4, -0.2) is 17.2 Å². The Morgan fingerprint density at radius 1 is 1.38 bits per heavy atom. The maximum Gasteiger partial charge on any atom is 0.0687 e. The Morgan fingerprint density at radius 2 is 2.08 bits per heavy atom. The lowest BCUT2D eigenvalue weighted by molar-refractivity contribution is 0.556. The quantitative estimate of drug-likeness (QED) is 0.747. The lowest BCUT2D eigenvalue weighted by atomic mass is 9.91. The summed E-state index contributed by atoms with van der Waals surface area (Å²) < 4.78 is 0. The van der Waals surface area contributed by atoms with Crippen LogP contribution < -0.4 is 5.32 Å². The van der Waals surface area contributed by atoms with Crippen LogP contribution in [0, 0.1) is 0 Å². The minimum Gasteiger partial charge on any atom is -0.316 e. The third kappa shape index (κ3) is 2.77. The van der Waals surface area contributed by atoms with Gasteiger partial charge in [0.1, 0.15) is 0 Å². The molecule has 0 spiro atoms. The average Bonchev–Trinajstić information content (AvgIpc) is 2.04. The van der Waals surface area contributed by atoms with E-state index in [0.717, 1.165) is 12.2 Å². The van der Waals surface area contributed by atoms with E-state index in [1.807, 2.05) is 7.05 Å². The predicted octanol–water partition coefficient (Wildman–Crippen LogP) is 1.49. The van der Waals surface area contributed by atoms with Crippen LogP contribution in [0.3, 0.4) is 0 Å². The van der Waals surface area contributed by atoms with Crippen LogP contribution in [0.5, 0.6) is 0 Å². The number of aromatic nitrogens is 2. The van der Waals surface area contributed by atoms with Gasteiger partial charge in [0.2, 0.25) is 0 Å². The van der Waals surface area contributed by atoms with Crippen molar-refractivity contribution in [3.8, 4) is 0 Å². The molecule has 3 nitrogen and oxygen atoms in total. The summed E-state index contributed by atoms with van der Waals surface area (Å²) in [4.78, 5) is 0. The molecule has 0 atom stereocenters. The Kier molecular flexibility index (Phi) is 2.98. The maximum atomic E-state index is 4.12. The molecule has 0 bridgehead atoms.